The molecular formula is C26H30FN5O3. The minimum atomic E-state index is -0.257. The van der Waals surface area contributed by atoms with E-state index in [-0.39, 0.29) is 30.5 Å². The number of piperidine rings is 1. The lowest BCUT2D eigenvalue weighted by atomic mass is 10.0. The SMILES string of the molecule is Cc1ccc(OCC(=O)NC2CCN(Cc3nnn4c3CO[C@@H](c3ccc(F)cc3)C4)CC2)cc1. The van der Waals surface area contributed by atoms with E-state index in [9.17, 15) is 9.18 Å². The van der Waals surface area contributed by atoms with E-state index in [0.29, 0.717) is 25.4 Å². The van der Waals surface area contributed by atoms with Crippen molar-refractivity contribution in [2.45, 2.75) is 51.6 Å². The van der Waals surface area contributed by atoms with E-state index in [1.807, 2.05) is 35.9 Å². The van der Waals surface area contributed by atoms with Crippen molar-refractivity contribution in [1.29, 1.82) is 0 Å². The van der Waals surface area contributed by atoms with Gasteiger partial charge in [0.1, 0.15) is 23.4 Å². The van der Waals surface area contributed by atoms with Crippen LogP contribution < -0.4 is 10.1 Å². The molecule has 0 bridgehead atoms. The van der Waals surface area contributed by atoms with E-state index in [4.69, 9.17) is 9.47 Å². The lowest BCUT2D eigenvalue weighted by Gasteiger charge is -2.32. The summed E-state index contributed by atoms with van der Waals surface area (Å²) in [6.45, 7) is 5.47. The van der Waals surface area contributed by atoms with Gasteiger partial charge in [0.05, 0.1) is 18.8 Å². The van der Waals surface area contributed by atoms with Crippen molar-refractivity contribution in [2.24, 2.45) is 0 Å². The van der Waals surface area contributed by atoms with Crippen LogP contribution in [0.15, 0.2) is 48.5 Å². The number of ether oxygens (including phenoxy) is 2. The fourth-order valence-electron chi connectivity index (χ4n) is 4.56. The number of carbonyl (C=O) groups is 1. The Morgan fingerprint density at radius 2 is 1.89 bits per heavy atom. The Labute approximate surface area is 204 Å². The van der Waals surface area contributed by atoms with Gasteiger partial charge in [-0.2, -0.15) is 0 Å². The third-order valence-electron chi connectivity index (χ3n) is 6.64. The standard InChI is InChI=1S/C26H30FN5O3/c1-18-2-8-22(9-3-18)34-17-26(33)28-21-10-12-31(13-11-21)14-23-24-16-35-25(15-32(24)30-29-23)19-4-6-20(27)7-5-19/h2-9,21,25H,10-17H2,1H3,(H,28,33)/t25-/m1/s1. The van der Waals surface area contributed by atoms with E-state index in [0.717, 1.165) is 48.4 Å². The van der Waals surface area contributed by atoms with Crippen LogP contribution in [-0.4, -0.2) is 51.5 Å². The topological polar surface area (TPSA) is 81.5 Å². The molecule has 5 rings (SSSR count). The molecule has 1 atom stereocenters. The van der Waals surface area contributed by atoms with Crippen molar-refractivity contribution < 1.29 is 18.7 Å². The highest BCUT2D eigenvalue weighted by molar-refractivity contribution is 5.77. The van der Waals surface area contributed by atoms with E-state index in [1.54, 1.807) is 12.1 Å². The molecule has 0 saturated carbocycles. The summed E-state index contributed by atoms with van der Waals surface area (Å²) in [5.41, 5.74) is 4.01. The number of fused-ring (bicyclic) bond motifs is 1. The van der Waals surface area contributed by atoms with Crippen LogP contribution in [0.3, 0.4) is 0 Å². The van der Waals surface area contributed by atoms with Crippen molar-refractivity contribution >= 4 is 5.91 Å². The first-order valence-corrected chi connectivity index (χ1v) is 12.0. The van der Waals surface area contributed by atoms with Crippen molar-refractivity contribution in [3.63, 3.8) is 0 Å². The minimum Gasteiger partial charge on any atom is -0.484 e. The largest absolute Gasteiger partial charge is 0.484 e. The quantitative estimate of drug-likeness (QED) is 0.561. The number of amides is 1. The summed E-state index contributed by atoms with van der Waals surface area (Å²) in [7, 11) is 0. The monoisotopic (exact) mass is 479 g/mol. The third-order valence-corrected chi connectivity index (χ3v) is 6.64. The average molecular weight is 480 g/mol. The fraction of sp³-hybridized carbons (Fsp3) is 0.423. The molecule has 2 aromatic carbocycles. The summed E-state index contributed by atoms with van der Waals surface area (Å²) in [5.74, 6) is 0.349. The first-order chi connectivity index (χ1) is 17.0. The number of hydrogen-bond acceptors (Lipinski definition) is 6. The second kappa shape index (κ2) is 10.5. The van der Waals surface area contributed by atoms with E-state index in [2.05, 4.69) is 20.5 Å². The molecule has 1 saturated heterocycles. The zero-order valence-corrected chi connectivity index (χ0v) is 19.8. The molecule has 2 aliphatic rings. The van der Waals surface area contributed by atoms with Gasteiger partial charge in [0.2, 0.25) is 0 Å². The van der Waals surface area contributed by atoms with Crippen LogP contribution in [0.2, 0.25) is 0 Å². The lowest BCUT2D eigenvalue weighted by Crippen LogP contribution is -2.45. The summed E-state index contributed by atoms with van der Waals surface area (Å²) in [6.07, 6.45) is 1.60. The Kier molecular flexibility index (Phi) is 7.06. The Balaban J connectivity index is 1.07. The molecule has 0 radical (unpaired) electrons. The molecule has 3 aromatic rings. The number of aryl methyl sites for hydroxylation is 1. The molecule has 1 N–H and O–H groups in total. The second-order valence-electron chi connectivity index (χ2n) is 9.24. The summed E-state index contributed by atoms with van der Waals surface area (Å²) in [4.78, 5) is 14.6. The summed E-state index contributed by atoms with van der Waals surface area (Å²) < 4.78 is 26.7. The van der Waals surface area contributed by atoms with Crippen LogP contribution in [0.5, 0.6) is 5.75 Å². The molecule has 1 aromatic heterocycles. The number of hydrogen-bond donors (Lipinski definition) is 1. The van der Waals surface area contributed by atoms with Crippen LogP contribution in [0.25, 0.3) is 0 Å². The zero-order chi connectivity index (χ0) is 24.2. The molecule has 0 aliphatic carbocycles. The summed E-state index contributed by atoms with van der Waals surface area (Å²) in [5, 5.41) is 11.8. The Morgan fingerprint density at radius 1 is 1.14 bits per heavy atom. The van der Waals surface area contributed by atoms with Gasteiger partial charge in [-0.3, -0.25) is 9.69 Å². The van der Waals surface area contributed by atoms with Gasteiger partial charge in [-0.15, -0.1) is 5.10 Å². The molecular weight excluding hydrogens is 449 g/mol. The Morgan fingerprint density at radius 3 is 2.63 bits per heavy atom. The number of aromatic nitrogens is 3. The first-order valence-electron chi connectivity index (χ1n) is 12.0. The van der Waals surface area contributed by atoms with Crippen molar-refractivity contribution in [1.82, 2.24) is 25.2 Å². The van der Waals surface area contributed by atoms with Crippen molar-refractivity contribution in [3.05, 3.63) is 76.9 Å². The Hall–Kier alpha value is -3.30. The van der Waals surface area contributed by atoms with Gasteiger partial charge in [-0.25, -0.2) is 9.07 Å². The van der Waals surface area contributed by atoms with Crippen molar-refractivity contribution in [3.8, 4) is 5.75 Å². The molecule has 0 spiro atoms. The van der Waals surface area contributed by atoms with Crippen LogP contribution in [0.4, 0.5) is 4.39 Å². The van der Waals surface area contributed by atoms with Crippen LogP contribution >= 0.6 is 0 Å². The number of benzene rings is 2. The molecule has 35 heavy (non-hydrogen) atoms. The van der Waals surface area contributed by atoms with Crippen molar-refractivity contribution in [2.75, 3.05) is 19.7 Å². The number of halogens is 1. The van der Waals surface area contributed by atoms with Gasteiger partial charge in [-0.05, 0) is 49.6 Å². The normalized spacial score (nSPS) is 18.7. The van der Waals surface area contributed by atoms with Crippen LogP contribution in [0, 0.1) is 12.7 Å². The fourth-order valence-corrected chi connectivity index (χ4v) is 4.56. The smallest absolute Gasteiger partial charge is 0.258 e. The molecule has 8 nitrogen and oxygen atoms in total. The Bertz CT molecular complexity index is 1140. The molecule has 1 fully saturated rings. The number of rotatable bonds is 7. The minimum absolute atomic E-state index is 0.0225. The van der Waals surface area contributed by atoms with Crippen LogP contribution in [-0.2, 0) is 29.2 Å². The van der Waals surface area contributed by atoms with Gasteiger partial charge in [0.25, 0.3) is 5.91 Å². The number of likely N-dealkylation sites (tertiary alicyclic amines) is 1. The predicted octanol–water partition coefficient (Wildman–Crippen LogP) is 3.16. The van der Waals surface area contributed by atoms with E-state index >= 15 is 0 Å². The predicted molar refractivity (Wildman–Crippen MR) is 127 cm³/mol. The molecule has 1 amide bonds. The highest BCUT2D eigenvalue weighted by Gasteiger charge is 2.27. The summed E-state index contributed by atoms with van der Waals surface area (Å²) >= 11 is 0. The highest BCUT2D eigenvalue weighted by atomic mass is 19.1. The maximum absolute atomic E-state index is 13.2. The average Bonchev–Trinajstić information content (AvgIpc) is 3.27. The lowest BCUT2D eigenvalue weighted by molar-refractivity contribution is -0.124. The van der Waals surface area contributed by atoms with Gasteiger partial charge in [-0.1, -0.05) is 35.0 Å². The van der Waals surface area contributed by atoms with Gasteiger partial charge in [0.15, 0.2) is 6.61 Å². The van der Waals surface area contributed by atoms with E-state index < -0.39 is 0 Å². The number of carbonyl (C=O) groups excluding carboxylic acids is 1. The number of nitrogens with zero attached hydrogens (tertiary/aromatic N) is 4. The van der Waals surface area contributed by atoms with Crippen LogP contribution in [0.1, 0.15) is 41.5 Å². The highest BCUT2D eigenvalue weighted by Crippen LogP contribution is 2.27. The molecule has 9 heteroatoms. The molecule has 3 heterocycles. The third kappa shape index (κ3) is 5.86. The van der Waals surface area contributed by atoms with Gasteiger partial charge in [0, 0.05) is 25.7 Å². The zero-order valence-electron chi connectivity index (χ0n) is 19.8. The van der Waals surface area contributed by atoms with Gasteiger partial charge >= 0.3 is 0 Å². The molecule has 184 valence electrons. The molecule has 2 aliphatic heterocycles. The van der Waals surface area contributed by atoms with Gasteiger partial charge < -0.3 is 14.8 Å². The maximum Gasteiger partial charge on any atom is 0.258 e. The summed E-state index contributed by atoms with van der Waals surface area (Å²) in [6, 6.07) is 14.2. The van der Waals surface area contributed by atoms with E-state index in [1.165, 1.54) is 12.1 Å². The first kappa shape index (κ1) is 23.4. The second-order valence-corrected chi connectivity index (χ2v) is 9.24. The number of nitrogens with one attached hydrogen (secondary N) is 1. The molecule has 0 unspecified atom stereocenters. The maximum atomic E-state index is 13.2.